The van der Waals surface area contributed by atoms with Gasteiger partial charge < -0.3 is 10.6 Å². The van der Waals surface area contributed by atoms with E-state index in [1.807, 2.05) is 20.8 Å². The highest BCUT2D eigenvalue weighted by Crippen LogP contribution is 2.20. The fourth-order valence-corrected chi connectivity index (χ4v) is 2.57. The number of hydrogen-bond acceptors (Lipinski definition) is 2. The van der Waals surface area contributed by atoms with Crippen LogP contribution in [0.15, 0.2) is 42.5 Å². The summed E-state index contributed by atoms with van der Waals surface area (Å²) in [6.07, 6.45) is 0. The maximum atomic E-state index is 13.0. The lowest BCUT2D eigenvalue weighted by atomic mass is 10.0. The van der Waals surface area contributed by atoms with Crippen molar-refractivity contribution in [1.29, 1.82) is 0 Å². The van der Waals surface area contributed by atoms with E-state index in [2.05, 4.69) is 10.6 Å². The van der Waals surface area contributed by atoms with Crippen molar-refractivity contribution in [2.75, 3.05) is 5.32 Å². The molecule has 0 radical (unpaired) electrons. The number of carbonyl (C=O) groups is 2. The number of hydrogen-bond donors (Lipinski definition) is 2. The number of amides is 2. The van der Waals surface area contributed by atoms with Crippen LogP contribution in [0.25, 0.3) is 0 Å². The molecule has 132 valence electrons. The van der Waals surface area contributed by atoms with Gasteiger partial charge >= 0.3 is 0 Å². The van der Waals surface area contributed by atoms with Crippen LogP contribution in [0.3, 0.4) is 0 Å². The molecule has 0 aliphatic carbocycles. The molecule has 6 heteroatoms. The molecule has 0 spiro atoms. The summed E-state index contributed by atoms with van der Waals surface area (Å²) in [5, 5.41) is 6.10. The predicted molar refractivity (Wildman–Crippen MR) is 97.3 cm³/mol. The van der Waals surface area contributed by atoms with E-state index in [4.69, 9.17) is 11.6 Å². The summed E-state index contributed by atoms with van der Waals surface area (Å²) in [5.74, 6) is -1.30. The van der Waals surface area contributed by atoms with Crippen LogP contribution in [0.5, 0.6) is 0 Å². The van der Waals surface area contributed by atoms with E-state index in [0.717, 1.165) is 5.56 Å². The zero-order valence-electron chi connectivity index (χ0n) is 14.3. The third-order valence-corrected chi connectivity index (χ3v) is 4.02. The molecule has 0 aromatic heterocycles. The maximum Gasteiger partial charge on any atom is 0.251 e. The van der Waals surface area contributed by atoms with E-state index in [1.165, 1.54) is 24.3 Å². The van der Waals surface area contributed by atoms with E-state index in [1.54, 1.807) is 18.2 Å². The monoisotopic (exact) mass is 362 g/mol. The summed E-state index contributed by atoms with van der Waals surface area (Å²) in [6, 6.07) is 9.59. The number of halogens is 2. The van der Waals surface area contributed by atoms with Crippen LogP contribution in [-0.2, 0) is 4.79 Å². The number of carbonyl (C=O) groups excluding carboxylic acids is 2. The molecular weight excluding hydrogens is 343 g/mol. The molecule has 0 fully saturated rings. The Hall–Kier alpha value is -2.40. The lowest BCUT2D eigenvalue weighted by Crippen LogP contribution is -2.47. The highest BCUT2D eigenvalue weighted by atomic mass is 35.5. The second kappa shape index (κ2) is 8.12. The number of rotatable bonds is 5. The highest BCUT2D eigenvalue weighted by molar-refractivity contribution is 6.30. The third kappa shape index (κ3) is 5.03. The van der Waals surface area contributed by atoms with Crippen LogP contribution < -0.4 is 10.6 Å². The van der Waals surface area contributed by atoms with E-state index >= 15 is 0 Å². The minimum Gasteiger partial charge on any atom is -0.340 e. The summed E-state index contributed by atoms with van der Waals surface area (Å²) in [4.78, 5) is 24.9. The average Bonchev–Trinajstić information content (AvgIpc) is 2.55. The number of nitrogens with one attached hydrogen (secondary N) is 2. The fraction of sp³-hybridized carbons (Fsp3) is 0.263. The Kier molecular flexibility index (Phi) is 6.15. The maximum absolute atomic E-state index is 13.0. The van der Waals surface area contributed by atoms with E-state index in [-0.39, 0.29) is 11.8 Å². The molecule has 0 unspecified atom stereocenters. The molecule has 4 nitrogen and oxygen atoms in total. The second-order valence-electron chi connectivity index (χ2n) is 6.15. The molecule has 25 heavy (non-hydrogen) atoms. The normalized spacial score (nSPS) is 11.9. The van der Waals surface area contributed by atoms with Gasteiger partial charge in [0.1, 0.15) is 11.9 Å². The minimum absolute atomic E-state index is 0.128. The van der Waals surface area contributed by atoms with Gasteiger partial charge in [-0.2, -0.15) is 0 Å². The Morgan fingerprint density at radius 1 is 1.08 bits per heavy atom. The standard InChI is InChI=1S/C19H20ClFN2O2/c1-11(2)17(23-18(24)13-4-7-15(21)8-5-13)19(25)22-16-9-6-14(20)10-12(16)3/h4-11,17H,1-3H3,(H,22,25)(H,23,24)/t17-/m0/s1. The molecule has 2 amide bonds. The van der Waals surface area contributed by atoms with Crippen LogP contribution in [-0.4, -0.2) is 17.9 Å². The summed E-state index contributed by atoms with van der Waals surface area (Å²) in [5.41, 5.74) is 1.76. The predicted octanol–water partition coefficient (Wildman–Crippen LogP) is 4.18. The largest absolute Gasteiger partial charge is 0.340 e. The lowest BCUT2D eigenvalue weighted by Gasteiger charge is -2.22. The summed E-state index contributed by atoms with van der Waals surface area (Å²) in [7, 11) is 0. The Morgan fingerprint density at radius 2 is 1.72 bits per heavy atom. The minimum atomic E-state index is -0.729. The number of anilines is 1. The van der Waals surface area contributed by atoms with Gasteiger partial charge in [0.15, 0.2) is 0 Å². The molecule has 2 N–H and O–H groups in total. The van der Waals surface area contributed by atoms with Crippen LogP contribution in [0.4, 0.5) is 10.1 Å². The smallest absolute Gasteiger partial charge is 0.251 e. The first-order valence-electron chi connectivity index (χ1n) is 7.91. The first-order chi connectivity index (χ1) is 11.8. The topological polar surface area (TPSA) is 58.2 Å². The number of aryl methyl sites for hydroxylation is 1. The van der Waals surface area contributed by atoms with Gasteiger partial charge in [-0.1, -0.05) is 25.4 Å². The van der Waals surface area contributed by atoms with E-state index < -0.39 is 17.8 Å². The van der Waals surface area contributed by atoms with Crippen molar-refractivity contribution in [3.05, 3.63) is 64.4 Å². The molecular formula is C19H20ClFN2O2. The molecule has 2 aromatic carbocycles. The second-order valence-corrected chi connectivity index (χ2v) is 6.59. The highest BCUT2D eigenvalue weighted by Gasteiger charge is 2.25. The first-order valence-corrected chi connectivity index (χ1v) is 8.29. The summed E-state index contributed by atoms with van der Waals surface area (Å²) >= 11 is 5.92. The zero-order valence-corrected chi connectivity index (χ0v) is 15.0. The SMILES string of the molecule is Cc1cc(Cl)ccc1NC(=O)[C@@H](NC(=O)c1ccc(F)cc1)C(C)C. The molecule has 0 saturated carbocycles. The van der Waals surface area contributed by atoms with Gasteiger partial charge in [-0.15, -0.1) is 0 Å². The number of benzene rings is 2. The Labute approximate surface area is 151 Å². The molecule has 0 aliphatic rings. The van der Waals surface area contributed by atoms with Crippen molar-refractivity contribution in [1.82, 2.24) is 5.32 Å². The van der Waals surface area contributed by atoms with Crippen LogP contribution in [0, 0.1) is 18.7 Å². The van der Waals surface area contributed by atoms with Crippen molar-refractivity contribution >= 4 is 29.1 Å². The quantitative estimate of drug-likeness (QED) is 0.838. The van der Waals surface area contributed by atoms with Gasteiger partial charge in [0.25, 0.3) is 5.91 Å². The van der Waals surface area contributed by atoms with Crippen molar-refractivity contribution in [2.45, 2.75) is 26.8 Å². The van der Waals surface area contributed by atoms with Gasteiger partial charge in [-0.3, -0.25) is 9.59 Å². The van der Waals surface area contributed by atoms with Crippen molar-refractivity contribution in [2.24, 2.45) is 5.92 Å². The van der Waals surface area contributed by atoms with Gasteiger partial charge in [-0.25, -0.2) is 4.39 Å². The Morgan fingerprint density at radius 3 is 2.28 bits per heavy atom. The van der Waals surface area contributed by atoms with E-state index in [9.17, 15) is 14.0 Å². The van der Waals surface area contributed by atoms with Gasteiger partial charge in [-0.05, 0) is 60.9 Å². The van der Waals surface area contributed by atoms with Gasteiger partial charge in [0, 0.05) is 16.3 Å². The molecule has 2 aromatic rings. The molecule has 0 bridgehead atoms. The lowest BCUT2D eigenvalue weighted by molar-refractivity contribution is -0.118. The van der Waals surface area contributed by atoms with Crippen LogP contribution in [0.1, 0.15) is 29.8 Å². The van der Waals surface area contributed by atoms with Crippen molar-refractivity contribution in [3.8, 4) is 0 Å². The zero-order chi connectivity index (χ0) is 18.6. The van der Waals surface area contributed by atoms with Crippen LogP contribution in [0.2, 0.25) is 5.02 Å². The molecule has 2 rings (SSSR count). The molecule has 0 aliphatic heterocycles. The average molecular weight is 363 g/mol. The van der Waals surface area contributed by atoms with Crippen molar-refractivity contribution < 1.29 is 14.0 Å². The van der Waals surface area contributed by atoms with E-state index in [0.29, 0.717) is 16.3 Å². The van der Waals surface area contributed by atoms with Crippen LogP contribution >= 0.6 is 11.6 Å². The Bertz CT molecular complexity index is 775. The molecule has 0 saturated heterocycles. The fourth-order valence-electron chi connectivity index (χ4n) is 2.34. The third-order valence-electron chi connectivity index (χ3n) is 3.79. The van der Waals surface area contributed by atoms with Crippen molar-refractivity contribution in [3.63, 3.8) is 0 Å². The Balaban J connectivity index is 2.12. The molecule has 1 atom stereocenters. The first kappa shape index (κ1) is 18.9. The summed E-state index contributed by atoms with van der Waals surface area (Å²) < 4.78 is 13.0. The van der Waals surface area contributed by atoms with Gasteiger partial charge in [0.05, 0.1) is 0 Å². The molecule has 0 heterocycles. The van der Waals surface area contributed by atoms with Gasteiger partial charge in [0.2, 0.25) is 5.91 Å². The summed E-state index contributed by atoms with van der Waals surface area (Å²) in [6.45, 7) is 5.51.